The minimum Gasteiger partial charge on any atom is -0.497 e. The molecule has 0 unspecified atom stereocenters. The maximum atomic E-state index is 13.1. The first-order valence-corrected chi connectivity index (χ1v) is 8.11. The zero-order chi connectivity index (χ0) is 17.8. The summed E-state index contributed by atoms with van der Waals surface area (Å²) in [5.74, 6) is -0.168. The lowest BCUT2D eigenvalue weighted by Crippen LogP contribution is -2.42. The second-order valence-electron chi connectivity index (χ2n) is 5.84. The van der Waals surface area contributed by atoms with E-state index in [1.54, 1.807) is 17.0 Å². The normalized spacial score (nSPS) is 19.5. The van der Waals surface area contributed by atoms with Crippen molar-refractivity contribution in [1.82, 2.24) is 9.88 Å². The molecule has 6 nitrogen and oxygen atoms in total. The molecule has 1 aliphatic rings. The smallest absolute Gasteiger partial charge is 0.328 e. The fourth-order valence-corrected chi connectivity index (χ4v) is 3.25. The standard InChI is InChI=1S/C19H20N2O4/c1-24-14-10-11-20-15(12-14)18(22)21-16(13-6-4-3-5-7-13)8-9-17(21)19(23)25-2/h3-7,10-12,16-17H,8-9H2,1-2H3/t16-,17-/m0/s1. The van der Waals surface area contributed by atoms with Crippen LogP contribution < -0.4 is 4.74 Å². The first kappa shape index (κ1) is 17.0. The van der Waals surface area contributed by atoms with Crippen molar-refractivity contribution in [1.29, 1.82) is 0 Å². The number of rotatable bonds is 4. The molecule has 0 bridgehead atoms. The van der Waals surface area contributed by atoms with E-state index in [-0.39, 0.29) is 17.6 Å². The van der Waals surface area contributed by atoms with Crippen LogP contribution in [0.1, 0.15) is 34.9 Å². The van der Waals surface area contributed by atoms with E-state index in [9.17, 15) is 9.59 Å². The second-order valence-corrected chi connectivity index (χ2v) is 5.84. The number of carbonyl (C=O) groups is 2. The molecule has 130 valence electrons. The molecule has 0 N–H and O–H groups in total. The Morgan fingerprint density at radius 1 is 1.12 bits per heavy atom. The minimum absolute atomic E-state index is 0.189. The molecule has 0 saturated carbocycles. The van der Waals surface area contributed by atoms with Crippen molar-refractivity contribution in [2.75, 3.05) is 14.2 Å². The molecule has 1 aromatic heterocycles. The van der Waals surface area contributed by atoms with Crippen LogP contribution in [0.15, 0.2) is 48.7 Å². The Morgan fingerprint density at radius 2 is 1.88 bits per heavy atom. The predicted molar refractivity (Wildman–Crippen MR) is 91.2 cm³/mol. The van der Waals surface area contributed by atoms with E-state index < -0.39 is 12.0 Å². The van der Waals surface area contributed by atoms with Crippen molar-refractivity contribution in [3.05, 3.63) is 59.9 Å². The number of benzene rings is 1. The molecule has 0 aliphatic carbocycles. The van der Waals surface area contributed by atoms with E-state index in [1.165, 1.54) is 20.4 Å². The van der Waals surface area contributed by atoms with Crippen LogP contribution in [-0.4, -0.2) is 42.0 Å². The maximum absolute atomic E-state index is 13.1. The number of likely N-dealkylation sites (tertiary alicyclic amines) is 1. The largest absolute Gasteiger partial charge is 0.497 e. The van der Waals surface area contributed by atoms with Crippen LogP contribution >= 0.6 is 0 Å². The second kappa shape index (κ2) is 7.34. The van der Waals surface area contributed by atoms with Gasteiger partial charge in [0.2, 0.25) is 0 Å². The summed E-state index contributed by atoms with van der Waals surface area (Å²) < 4.78 is 10.1. The van der Waals surface area contributed by atoms with E-state index in [1.807, 2.05) is 30.3 Å². The van der Waals surface area contributed by atoms with Gasteiger partial charge in [-0.1, -0.05) is 30.3 Å². The SMILES string of the molecule is COC(=O)[C@@H]1CC[C@@H](c2ccccc2)N1C(=O)c1cc(OC)ccn1. The summed E-state index contributed by atoms with van der Waals surface area (Å²) in [6.45, 7) is 0. The summed E-state index contributed by atoms with van der Waals surface area (Å²) in [5.41, 5.74) is 1.24. The summed E-state index contributed by atoms with van der Waals surface area (Å²) in [7, 11) is 2.87. The van der Waals surface area contributed by atoms with Crippen LogP contribution in [-0.2, 0) is 9.53 Å². The fraction of sp³-hybridized carbons (Fsp3) is 0.316. The lowest BCUT2D eigenvalue weighted by Gasteiger charge is -2.29. The van der Waals surface area contributed by atoms with Crippen LogP contribution in [0.2, 0.25) is 0 Å². The van der Waals surface area contributed by atoms with Gasteiger partial charge >= 0.3 is 5.97 Å². The Balaban J connectivity index is 1.98. The van der Waals surface area contributed by atoms with Gasteiger partial charge in [0, 0.05) is 12.3 Å². The number of amides is 1. The highest BCUT2D eigenvalue weighted by molar-refractivity contribution is 5.96. The molecule has 0 radical (unpaired) electrons. The molecule has 2 atom stereocenters. The van der Waals surface area contributed by atoms with Gasteiger partial charge in [-0.15, -0.1) is 0 Å². The van der Waals surface area contributed by atoms with E-state index in [4.69, 9.17) is 9.47 Å². The van der Waals surface area contributed by atoms with E-state index in [0.717, 1.165) is 5.56 Å². The van der Waals surface area contributed by atoms with Gasteiger partial charge in [0.05, 0.1) is 20.3 Å². The van der Waals surface area contributed by atoms with Crippen molar-refractivity contribution in [2.24, 2.45) is 0 Å². The van der Waals surface area contributed by atoms with Crippen LogP contribution in [0.25, 0.3) is 0 Å². The predicted octanol–water partition coefficient (Wildman–Crippen LogP) is 2.61. The summed E-state index contributed by atoms with van der Waals surface area (Å²) in [6, 6.07) is 12.1. The topological polar surface area (TPSA) is 68.7 Å². The summed E-state index contributed by atoms with van der Waals surface area (Å²) >= 11 is 0. The molecule has 2 aromatic rings. The average molecular weight is 340 g/mol. The molecule has 1 amide bonds. The Morgan fingerprint density at radius 3 is 2.56 bits per heavy atom. The fourth-order valence-electron chi connectivity index (χ4n) is 3.25. The van der Waals surface area contributed by atoms with Crippen LogP contribution in [0.4, 0.5) is 0 Å². The number of hydrogen-bond donors (Lipinski definition) is 0. The van der Waals surface area contributed by atoms with Crippen LogP contribution in [0.3, 0.4) is 0 Å². The molecular weight excluding hydrogens is 320 g/mol. The zero-order valence-electron chi connectivity index (χ0n) is 14.2. The lowest BCUT2D eigenvalue weighted by molar-refractivity contribution is -0.145. The van der Waals surface area contributed by atoms with Gasteiger partial charge in [-0.25, -0.2) is 4.79 Å². The van der Waals surface area contributed by atoms with Gasteiger partial charge in [0.25, 0.3) is 5.91 Å². The van der Waals surface area contributed by atoms with Crippen molar-refractivity contribution in [3.8, 4) is 5.75 Å². The van der Waals surface area contributed by atoms with Crippen LogP contribution in [0, 0.1) is 0 Å². The summed E-state index contributed by atoms with van der Waals surface area (Å²) in [6.07, 6.45) is 2.77. The Hall–Kier alpha value is -2.89. The molecule has 1 aromatic carbocycles. The van der Waals surface area contributed by atoms with E-state index in [0.29, 0.717) is 18.6 Å². The molecule has 1 aliphatic heterocycles. The number of pyridine rings is 1. The molecule has 0 spiro atoms. The van der Waals surface area contributed by atoms with Crippen molar-refractivity contribution in [2.45, 2.75) is 24.9 Å². The number of hydrogen-bond acceptors (Lipinski definition) is 5. The highest BCUT2D eigenvalue weighted by atomic mass is 16.5. The molecule has 25 heavy (non-hydrogen) atoms. The van der Waals surface area contributed by atoms with Gasteiger partial charge < -0.3 is 14.4 Å². The average Bonchev–Trinajstić information content (AvgIpc) is 3.12. The van der Waals surface area contributed by atoms with Crippen LogP contribution in [0.5, 0.6) is 5.75 Å². The summed E-state index contributed by atoms with van der Waals surface area (Å²) in [4.78, 5) is 31.1. The number of methoxy groups -OCH3 is 2. The zero-order valence-corrected chi connectivity index (χ0v) is 14.2. The number of esters is 1. The van der Waals surface area contributed by atoms with Gasteiger partial charge in [-0.05, 0) is 24.5 Å². The Bertz CT molecular complexity index is 763. The van der Waals surface area contributed by atoms with E-state index in [2.05, 4.69) is 4.98 Å². The molecule has 3 rings (SSSR count). The molecule has 6 heteroatoms. The van der Waals surface area contributed by atoms with Crippen molar-refractivity contribution >= 4 is 11.9 Å². The third-order valence-electron chi connectivity index (χ3n) is 4.46. The van der Waals surface area contributed by atoms with Gasteiger partial charge in [0.15, 0.2) is 0 Å². The van der Waals surface area contributed by atoms with E-state index >= 15 is 0 Å². The van der Waals surface area contributed by atoms with Gasteiger partial charge in [-0.3, -0.25) is 9.78 Å². The van der Waals surface area contributed by atoms with Gasteiger partial charge in [0.1, 0.15) is 17.5 Å². The van der Waals surface area contributed by atoms with Gasteiger partial charge in [-0.2, -0.15) is 0 Å². The molecule has 2 heterocycles. The molecule has 1 saturated heterocycles. The van der Waals surface area contributed by atoms with Crippen molar-refractivity contribution in [3.63, 3.8) is 0 Å². The number of ether oxygens (including phenoxy) is 2. The quantitative estimate of drug-likeness (QED) is 0.800. The minimum atomic E-state index is -0.615. The van der Waals surface area contributed by atoms with Crippen molar-refractivity contribution < 1.29 is 19.1 Å². The third kappa shape index (κ3) is 3.33. The lowest BCUT2D eigenvalue weighted by atomic mass is 10.0. The number of nitrogens with zero attached hydrogens (tertiary/aromatic N) is 2. The third-order valence-corrected chi connectivity index (χ3v) is 4.46. The Kier molecular flexibility index (Phi) is 4.97. The first-order valence-electron chi connectivity index (χ1n) is 8.11. The first-order chi connectivity index (χ1) is 12.2. The summed E-state index contributed by atoms with van der Waals surface area (Å²) in [5, 5.41) is 0. The molecule has 1 fully saturated rings. The highest BCUT2D eigenvalue weighted by Gasteiger charge is 2.42. The maximum Gasteiger partial charge on any atom is 0.328 e. The number of aromatic nitrogens is 1. The number of carbonyl (C=O) groups excluding carboxylic acids is 2. The highest BCUT2D eigenvalue weighted by Crippen LogP contribution is 2.37. The monoisotopic (exact) mass is 340 g/mol. The Labute approximate surface area is 146 Å². The molecular formula is C19H20N2O4.